The molecule has 2 rings (SSSR count). The van der Waals surface area contributed by atoms with E-state index in [1.54, 1.807) is 0 Å². The van der Waals surface area contributed by atoms with Crippen LogP contribution in [0.3, 0.4) is 0 Å². The molecule has 88 valence electrons. The molecule has 0 aliphatic heterocycles. The van der Waals surface area contributed by atoms with E-state index in [0.29, 0.717) is 0 Å². The number of nitrogens with one attached hydrogen (secondary N) is 1. The molecule has 1 aromatic rings. The van der Waals surface area contributed by atoms with Gasteiger partial charge in [0, 0.05) is 22.7 Å². The largest absolute Gasteiger partial charge is 0.310 e. The minimum absolute atomic E-state index is 0.718. The molecule has 0 heterocycles. The second kappa shape index (κ2) is 5.74. The molecule has 1 N–H and O–H groups in total. The van der Waals surface area contributed by atoms with Gasteiger partial charge in [0.05, 0.1) is 0 Å². The second-order valence-corrected chi connectivity index (χ2v) is 6.15. The molecular weight excluding hydrogens is 214 g/mol. The van der Waals surface area contributed by atoms with E-state index >= 15 is 0 Å². The summed E-state index contributed by atoms with van der Waals surface area (Å²) in [5.41, 5.74) is 1.40. The Morgan fingerprint density at radius 2 is 2.00 bits per heavy atom. The Morgan fingerprint density at radius 3 is 2.56 bits per heavy atom. The average Bonchev–Trinajstić information content (AvgIpc) is 3.12. The Kier molecular flexibility index (Phi) is 4.30. The first-order valence-corrected chi connectivity index (χ1v) is 7.15. The highest BCUT2D eigenvalue weighted by atomic mass is 32.2. The van der Waals surface area contributed by atoms with E-state index in [-0.39, 0.29) is 0 Å². The first-order chi connectivity index (χ1) is 7.78. The van der Waals surface area contributed by atoms with Gasteiger partial charge >= 0.3 is 0 Å². The van der Waals surface area contributed by atoms with Crippen LogP contribution in [-0.4, -0.2) is 11.3 Å². The third kappa shape index (κ3) is 3.84. The monoisotopic (exact) mass is 235 g/mol. The van der Waals surface area contributed by atoms with Gasteiger partial charge in [0.25, 0.3) is 0 Å². The molecule has 0 saturated heterocycles. The Labute approximate surface area is 103 Å². The van der Waals surface area contributed by atoms with E-state index in [1.807, 2.05) is 11.8 Å². The summed E-state index contributed by atoms with van der Waals surface area (Å²) in [7, 11) is 0. The molecular formula is C14H21NS. The summed E-state index contributed by atoms with van der Waals surface area (Å²) in [5, 5.41) is 4.26. The molecule has 0 bridgehead atoms. The van der Waals surface area contributed by atoms with Gasteiger partial charge < -0.3 is 5.32 Å². The highest BCUT2D eigenvalue weighted by molar-refractivity contribution is 7.99. The number of hydrogen-bond acceptors (Lipinski definition) is 2. The normalized spacial score (nSPS) is 17.4. The molecule has 1 aromatic carbocycles. The van der Waals surface area contributed by atoms with Gasteiger partial charge in [-0.25, -0.2) is 0 Å². The van der Waals surface area contributed by atoms with Crippen molar-refractivity contribution in [1.82, 2.24) is 5.32 Å². The average molecular weight is 235 g/mol. The Hall–Kier alpha value is -0.470. The van der Waals surface area contributed by atoms with Crippen molar-refractivity contribution in [3.05, 3.63) is 29.8 Å². The highest BCUT2D eigenvalue weighted by Gasteiger charge is 2.19. The fourth-order valence-corrected chi connectivity index (χ4v) is 2.48. The summed E-state index contributed by atoms with van der Waals surface area (Å²) in [6.45, 7) is 5.55. The molecule has 1 aliphatic rings. The molecule has 0 radical (unpaired) electrons. The van der Waals surface area contributed by atoms with Gasteiger partial charge in [-0.15, -0.1) is 11.8 Å². The molecule has 2 heteroatoms. The van der Waals surface area contributed by atoms with Crippen molar-refractivity contribution in [2.24, 2.45) is 0 Å². The van der Waals surface area contributed by atoms with E-state index in [9.17, 15) is 0 Å². The third-order valence-electron chi connectivity index (χ3n) is 3.01. The van der Waals surface area contributed by atoms with E-state index in [4.69, 9.17) is 0 Å². The molecule has 16 heavy (non-hydrogen) atoms. The number of hydrogen-bond donors (Lipinski definition) is 1. The quantitative estimate of drug-likeness (QED) is 0.752. The van der Waals surface area contributed by atoms with Gasteiger partial charge in [-0.3, -0.25) is 0 Å². The fourth-order valence-electron chi connectivity index (χ4n) is 1.55. The maximum absolute atomic E-state index is 3.54. The topological polar surface area (TPSA) is 12.0 Å². The Balaban J connectivity index is 1.82. The van der Waals surface area contributed by atoms with Crippen molar-refractivity contribution in [1.29, 1.82) is 0 Å². The summed E-state index contributed by atoms with van der Waals surface area (Å²) in [5.74, 6) is 0. The molecule has 0 amide bonds. The van der Waals surface area contributed by atoms with Gasteiger partial charge in [0.2, 0.25) is 0 Å². The zero-order valence-corrected chi connectivity index (χ0v) is 11.0. The number of rotatable bonds is 6. The zero-order chi connectivity index (χ0) is 11.4. The smallest absolute Gasteiger partial charge is 0.0208 e. The lowest BCUT2D eigenvalue weighted by molar-refractivity contribution is 0.687. The molecule has 0 aromatic heterocycles. The molecule has 1 nitrogen and oxygen atoms in total. The van der Waals surface area contributed by atoms with E-state index < -0.39 is 0 Å². The zero-order valence-electron chi connectivity index (χ0n) is 10.2. The standard InChI is InChI=1S/C14H21NS/c1-3-11(2)16-14-8-4-12(5-9-14)10-15-13-6-7-13/h4-5,8-9,11,13,15H,3,6-7,10H2,1-2H3. The third-order valence-corrected chi connectivity index (χ3v) is 4.29. The number of benzene rings is 1. The second-order valence-electron chi connectivity index (χ2n) is 4.64. The fraction of sp³-hybridized carbons (Fsp3) is 0.571. The van der Waals surface area contributed by atoms with Crippen LogP contribution in [0.1, 0.15) is 38.7 Å². The van der Waals surface area contributed by atoms with Gasteiger partial charge in [0.1, 0.15) is 0 Å². The molecule has 1 aliphatic carbocycles. The summed E-state index contributed by atoms with van der Waals surface area (Å²) >= 11 is 1.97. The summed E-state index contributed by atoms with van der Waals surface area (Å²) < 4.78 is 0. The van der Waals surface area contributed by atoms with Crippen LogP contribution < -0.4 is 5.32 Å². The first kappa shape index (κ1) is 12.0. The molecule has 1 atom stereocenters. The molecule has 0 spiro atoms. The predicted molar refractivity (Wildman–Crippen MR) is 71.9 cm³/mol. The van der Waals surface area contributed by atoms with Crippen molar-refractivity contribution in [3.63, 3.8) is 0 Å². The molecule has 1 saturated carbocycles. The lowest BCUT2D eigenvalue weighted by Crippen LogP contribution is -2.15. The van der Waals surface area contributed by atoms with E-state index in [0.717, 1.165) is 17.8 Å². The summed E-state index contributed by atoms with van der Waals surface area (Å²) in [4.78, 5) is 1.39. The summed E-state index contributed by atoms with van der Waals surface area (Å²) in [6, 6.07) is 9.80. The maximum Gasteiger partial charge on any atom is 0.0208 e. The Morgan fingerprint density at radius 1 is 1.31 bits per heavy atom. The van der Waals surface area contributed by atoms with E-state index in [1.165, 1.54) is 29.7 Å². The number of thioether (sulfide) groups is 1. The van der Waals surface area contributed by atoms with Crippen molar-refractivity contribution < 1.29 is 0 Å². The van der Waals surface area contributed by atoms with Crippen LogP contribution in [0.4, 0.5) is 0 Å². The van der Waals surface area contributed by atoms with Gasteiger partial charge in [-0.2, -0.15) is 0 Å². The van der Waals surface area contributed by atoms with Crippen LogP contribution in [0.5, 0.6) is 0 Å². The summed E-state index contributed by atoms with van der Waals surface area (Å²) in [6.07, 6.45) is 3.96. The SMILES string of the molecule is CCC(C)Sc1ccc(CNC2CC2)cc1. The lowest BCUT2D eigenvalue weighted by Gasteiger charge is -2.09. The van der Waals surface area contributed by atoms with Crippen molar-refractivity contribution in [3.8, 4) is 0 Å². The van der Waals surface area contributed by atoms with Crippen molar-refractivity contribution in [2.45, 2.75) is 55.8 Å². The van der Waals surface area contributed by atoms with Gasteiger partial charge in [-0.1, -0.05) is 26.0 Å². The minimum atomic E-state index is 0.718. The minimum Gasteiger partial charge on any atom is -0.310 e. The van der Waals surface area contributed by atoms with E-state index in [2.05, 4.69) is 43.4 Å². The van der Waals surface area contributed by atoms with Crippen molar-refractivity contribution >= 4 is 11.8 Å². The molecule has 1 fully saturated rings. The van der Waals surface area contributed by atoms with Gasteiger partial charge in [0.15, 0.2) is 0 Å². The van der Waals surface area contributed by atoms with Crippen LogP contribution in [-0.2, 0) is 6.54 Å². The molecule has 1 unspecified atom stereocenters. The van der Waals surface area contributed by atoms with Crippen LogP contribution >= 0.6 is 11.8 Å². The highest BCUT2D eigenvalue weighted by Crippen LogP contribution is 2.25. The Bertz CT molecular complexity index is 316. The van der Waals surface area contributed by atoms with Crippen LogP contribution in [0.25, 0.3) is 0 Å². The van der Waals surface area contributed by atoms with Crippen LogP contribution in [0.2, 0.25) is 0 Å². The van der Waals surface area contributed by atoms with Crippen LogP contribution in [0.15, 0.2) is 29.2 Å². The first-order valence-electron chi connectivity index (χ1n) is 6.27. The lowest BCUT2D eigenvalue weighted by atomic mass is 10.2. The van der Waals surface area contributed by atoms with Gasteiger partial charge in [-0.05, 0) is 37.0 Å². The maximum atomic E-state index is 3.54. The van der Waals surface area contributed by atoms with Crippen molar-refractivity contribution in [2.75, 3.05) is 0 Å². The predicted octanol–water partition coefficient (Wildman–Crippen LogP) is 3.83. The van der Waals surface area contributed by atoms with Crippen LogP contribution in [0, 0.1) is 0 Å².